The Labute approximate surface area is 161 Å². The highest BCUT2D eigenvalue weighted by molar-refractivity contribution is 6.32. The number of pyridine rings is 1. The van der Waals surface area contributed by atoms with Crippen molar-refractivity contribution in [2.24, 2.45) is 0 Å². The van der Waals surface area contributed by atoms with Crippen LogP contribution >= 0.6 is 11.6 Å². The molecule has 2 aromatic heterocycles. The van der Waals surface area contributed by atoms with Gasteiger partial charge in [-0.3, -0.25) is 9.69 Å². The van der Waals surface area contributed by atoms with E-state index in [4.69, 9.17) is 16.3 Å². The highest BCUT2D eigenvalue weighted by Crippen LogP contribution is 2.27. The Balaban J connectivity index is 1.54. The SMILES string of the molecule is O=c1[nH]c(-c2ccnc(F)c2)nc(N2CCC(N3CCOCC3)CC2)c1Cl. The summed E-state index contributed by atoms with van der Waals surface area (Å²) < 4.78 is 18.9. The summed E-state index contributed by atoms with van der Waals surface area (Å²) in [7, 11) is 0. The number of nitrogens with one attached hydrogen (secondary N) is 1. The number of H-pyrrole nitrogens is 1. The zero-order valence-corrected chi connectivity index (χ0v) is 15.6. The van der Waals surface area contributed by atoms with Gasteiger partial charge in [0.15, 0.2) is 5.82 Å². The molecular weight excluding hydrogens is 373 g/mol. The van der Waals surface area contributed by atoms with Crippen LogP contribution in [0.4, 0.5) is 10.2 Å². The van der Waals surface area contributed by atoms with Crippen LogP contribution < -0.4 is 10.5 Å². The van der Waals surface area contributed by atoms with E-state index in [0.717, 1.165) is 52.2 Å². The van der Waals surface area contributed by atoms with Crippen molar-refractivity contribution in [1.82, 2.24) is 19.9 Å². The first-order valence-corrected chi connectivity index (χ1v) is 9.48. The van der Waals surface area contributed by atoms with Gasteiger partial charge in [0, 0.05) is 50.0 Å². The van der Waals surface area contributed by atoms with Gasteiger partial charge in [-0.2, -0.15) is 4.39 Å². The Bertz CT molecular complexity index is 863. The van der Waals surface area contributed by atoms with Crippen LogP contribution in [0.2, 0.25) is 5.02 Å². The highest BCUT2D eigenvalue weighted by Gasteiger charge is 2.28. The number of rotatable bonds is 3. The number of halogens is 2. The number of anilines is 1. The van der Waals surface area contributed by atoms with Crippen molar-refractivity contribution < 1.29 is 9.13 Å². The number of hydrogen-bond donors (Lipinski definition) is 1. The predicted octanol–water partition coefficient (Wildman–Crippen LogP) is 1.93. The molecule has 0 atom stereocenters. The van der Waals surface area contributed by atoms with Crippen molar-refractivity contribution in [1.29, 1.82) is 0 Å². The zero-order chi connectivity index (χ0) is 18.8. The van der Waals surface area contributed by atoms with Gasteiger partial charge < -0.3 is 14.6 Å². The van der Waals surface area contributed by atoms with E-state index in [9.17, 15) is 9.18 Å². The summed E-state index contributed by atoms with van der Waals surface area (Å²) in [6.07, 6.45) is 3.29. The molecule has 2 fully saturated rings. The molecule has 7 nitrogen and oxygen atoms in total. The van der Waals surface area contributed by atoms with Gasteiger partial charge in [-0.15, -0.1) is 0 Å². The van der Waals surface area contributed by atoms with Crippen LogP contribution in [0, 0.1) is 5.95 Å². The maximum atomic E-state index is 13.4. The van der Waals surface area contributed by atoms with Crippen molar-refractivity contribution >= 4 is 17.4 Å². The molecule has 0 saturated carbocycles. The largest absolute Gasteiger partial charge is 0.379 e. The molecule has 27 heavy (non-hydrogen) atoms. The average Bonchev–Trinajstić information content (AvgIpc) is 2.71. The van der Waals surface area contributed by atoms with Crippen LogP contribution in [0.3, 0.4) is 0 Å². The standard InChI is InChI=1S/C18H21ClFN5O2/c19-15-17(22-16(23-18(15)26)12-1-4-21-14(20)11-12)25-5-2-13(3-6-25)24-7-9-27-10-8-24/h1,4,11,13H,2-3,5-10H2,(H,22,23,26). The molecule has 4 rings (SSSR count). The molecule has 4 heterocycles. The minimum atomic E-state index is -0.627. The Morgan fingerprint density at radius 3 is 2.67 bits per heavy atom. The van der Waals surface area contributed by atoms with Gasteiger partial charge in [0.25, 0.3) is 5.56 Å². The lowest BCUT2D eigenvalue weighted by atomic mass is 10.0. The number of ether oxygens (including phenoxy) is 1. The summed E-state index contributed by atoms with van der Waals surface area (Å²) >= 11 is 6.24. The molecule has 2 aromatic rings. The molecule has 0 unspecified atom stereocenters. The minimum absolute atomic E-state index is 0.0677. The molecule has 9 heteroatoms. The van der Waals surface area contributed by atoms with Gasteiger partial charge in [-0.05, 0) is 18.9 Å². The fourth-order valence-corrected chi connectivity index (χ4v) is 3.94. The topological polar surface area (TPSA) is 74.4 Å². The number of piperidine rings is 1. The first-order valence-electron chi connectivity index (χ1n) is 9.10. The van der Waals surface area contributed by atoms with Crippen molar-refractivity contribution in [3.05, 3.63) is 39.7 Å². The first-order chi connectivity index (χ1) is 13.1. The third-order valence-electron chi connectivity index (χ3n) is 5.17. The smallest absolute Gasteiger partial charge is 0.272 e. The Morgan fingerprint density at radius 2 is 1.96 bits per heavy atom. The van der Waals surface area contributed by atoms with Crippen LogP contribution in [0.25, 0.3) is 11.4 Å². The van der Waals surface area contributed by atoms with E-state index < -0.39 is 11.5 Å². The number of morpholine rings is 1. The normalized spacial score (nSPS) is 19.4. The van der Waals surface area contributed by atoms with Crippen molar-refractivity contribution in [3.8, 4) is 11.4 Å². The van der Waals surface area contributed by atoms with E-state index >= 15 is 0 Å². The second-order valence-corrected chi connectivity index (χ2v) is 7.16. The van der Waals surface area contributed by atoms with Gasteiger partial charge >= 0.3 is 0 Å². The molecule has 0 bridgehead atoms. The molecule has 0 amide bonds. The summed E-state index contributed by atoms with van der Waals surface area (Å²) in [4.78, 5) is 27.5. The number of aromatic nitrogens is 3. The van der Waals surface area contributed by atoms with Crippen LogP contribution in [-0.2, 0) is 4.74 Å². The Hall–Kier alpha value is -2.03. The lowest BCUT2D eigenvalue weighted by Gasteiger charge is -2.40. The molecule has 0 spiro atoms. The predicted molar refractivity (Wildman–Crippen MR) is 101 cm³/mol. The van der Waals surface area contributed by atoms with E-state index in [1.54, 1.807) is 6.07 Å². The quantitative estimate of drug-likeness (QED) is 0.803. The van der Waals surface area contributed by atoms with Crippen LogP contribution in [0.5, 0.6) is 0 Å². The second kappa shape index (κ2) is 7.92. The Morgan fingerprint density at radius 1 is 1.22 bits per heavy atom. The van der Waals surface area contributed by atoms with E-state index in [-0.39, 0.29) is 10.8 Å². The molecule has 1 N–H and O–H groups in total. The van der Waals surface area contributed by atoms with Gasteiger partial charge in [-0.25, -0.2) is 9.97 Å². The van der Waals surface area contributed by atoms with Gasteiger partial charge in [-0.1, -0.05) is 11.6 Å². The van der Waals surface area contributed by atoms with E-state index in [1.165, 1.54) is 12.3 Å². The van der Waals surface area contributed by atoms with Gasteiger partial charge in [0.1, 0.15) is 10.8 Å². The molecule has 2 aliphatic heterocycles. The van der Waals surface area contributed by atoms with Crippen LogP contribution in [0.15, 0.2) is 23.1 Å². The summed E-state index contributed by atoms with van der Waals surface area (Å²) in [5.41, 5.74) is 0.0323. The fourth-order valence-electron chi connectivity index (χ4n) is 3.73. The van der Waals surface area contributed by atoms with E-state index in [0.29, 0.717) is 17.4 Å². The summed E-state index contributed by atoms with van der Waals surface area (Å²) in [6.45, 7) is 5.03. The average molecular weight is 394 g/mol. The van der Waals surface area contributed by atoms with E-state index in [2.05, 4.69) is 19.9 Å². The van der Waals surface area contributed by atoms with Crippen molar-refractivity contribution in [2.75, 3.05) is 44.3 Å². The maximum Gasteiger partial charge on any atom is 0.272 e. The van der Waals surface area contributed by atoms with E-state index in [1.807, 2.05) is 4.90 Å². The molecule has 0 aromatic carbocycles. The van der Waals surface area contributed by atoms with Crippen LogP contribution in [0.1, 0.15) is 12.8 Å². The summed E-state index contributed by atoms with van der Waals surface area (Å²) in [5, 5.41) is 0.0677. The summed E-state index contributed by atoms with van der Waals surface area (Å²) in [6, 6.07) is 3.35. The number of hydrogen-bond acceptors (Lipinski definition) is 6. The number of aromatic amines is 1. The number of nitrogens with zero attached hydrogens (tertiary/aromatic N) is 4. The second-order valence-electron chi connectivity index (χ2n) is 6.79. The van der Waals surface area contributed by atoms with Crippen molar-refractivity contribution in [2.45, 2.75) is 18.9 Å². The monoisotopic (exact) mass is 393 g/mol. The third kappa shape index (κ3) is 3.97. The lowest BCUT2D eigenvalue weighted by molar-refractivity contribution is 0.0115. The molecule has 144 valence electrons. The maximum absolute atomic E-state index is 13.4. The lowest BCUT2D eigenvalue weighted by Crippen LogP contribution is -2.49. The van der Waals surface area contributed by atoms with Crippen LogP contribution in [-0.4, -0.2) is 65.3 Å². The summed E-state index contributed by atoms with van der Waals surface area (Å²) in [5.74, 6) is 0.113. The molecule has 2 aliphatic rings. The third-order valence-corrected chi connectivity index (χ3v) is 5.51. The fraction of sp³-hybridized carbons (Fsp3) is 0.500. The molecule has 0 aliphatic carbocycles. The molecule has 0 radical (unpaired) electrons. The minimum Gasteiger partial charge on any atom is -0.379 e. The van der Waals surface area contributed by atoms with Gasteiger partial charge in [0.2, 0.25) is 5.95 Å². The zero-order valence-electron chi connectivity index (χ0n) is 14.8. The molecule has 2 saturated heterocycles. The van der Waals surface area contributed by atoms with Gasteiger partial charge in [0.05, 0.1) is 13.2 Å². The van der Waals surface area contributed by atoms with Crippen molar-refractivity contribution in [3.63, 3.8) is 0 Å². The Kier molecular flexibility index (Phi) is 5.38. The highest BCUT2D eigenvalue weighted by atomic mass is 35.5. The first kappa shape index (κ1) is 18.3. The molecular formula is C18H21ClFN5O2.